The summed E-state index contributed by atoms with van der Waals surface area (Å²) in [5.41, 5.74) is 0.494. The minimum Gasteiger partial charge on any atom is -0.380 e. The van der Waals surface area contributed by atoms with Gasteiger partial charge in [0.1, 0.15) is 0 Å². The van der Waals surface area contributed by atoms with Crippen LogP contribution in [0, 0.1) is 0 Å². The van der Waals surface area contributed by atoms with Crippen LogP contribution in [-0.4, -0.2) is 59.4 Å². The van der Waals surface area contributed by atoms with Crippen LogP contribution >= 0.6 is 0 Å². The van der Waals surface area contributed by atoms with Crippen molar-refractivity contribution in [2.45, 2.75) is 54.0 Å². The van der Waals surface area contributed by atoms with Gasteiger partial charge in [-0.1, -0.05) is 12.8 Å². The molecule has 8 heteroatoms. The molecule has 0 aromatic heterocycles. The number of hydrogen-bond donors (Lipinski definition) is 1. The van der Waals surface area contributed by atoms with Crippen LogP contribution in [0.3, 0.4) is 0 Å². The maximum Gasteiger partial charge on any atom is 0.177 e. The highest BCUT2D eigenvalue weighted by Gasteiger charge is 2.30. The van der Waals surface area contributed by atoms with Gasteiger partial charge in [-0.15, -0.1) is 0 Å². The normalized spacial score (nSPS) is 23.2. The van der Waals surface area contributed by atoms with E-state index >= 15 is 0 Å². The first-order chi connectivity index (χ1) is 11.6. The van der Waals surface area contributed by atoms with Crippen molar-refractivity contribution in [3.63, 3.8) is 0 Å². The lowest BCUT2D eigenvalue weighted by atomic mass is 10.2. The third-order valence-corrected chi connectivity index (χ3v) is 7.45. The molecule has 0 radical (unpaired) electrons. The van der Waals surface area contributed by atoms with Crippen LogP contribution in [0.5, 0.6) is 0 Å². The minimum absolute atomic E-state index is 0.0254. The van der Waals surface area contributed by atoms with Crippen molar-refractivity contribution < 1.29 is 16.8 Å². The predicted octanol–water partition coefficient (Wildman–Crippen LogP) is 1.92. The summed E-state index contributed by atoms with van der Waals surface area (Å²) in [6.45, 7) is 1.93. The van der Waals surface area contributed by atoms with Crippen molar-refractivity contribution in [1.82, 2.24) is 4.90 Å². The van der Waals surface area contributed by atoms with E-state index < -0.39 is 19.7 Å². The number of nitrogens with zero attached hydrogens (tertiary/aromatic N) is 1. The van der Waals surface area contributed by atoms with E-state index in [1.807, 2.05) is 0 Å². The highest BCUT2D eigenvalue weighted by Crippen LogP contribution is 2.30. The number of anilines is 1. The van der Waals surface area contributed by atoms with Gasteiger partial charge >= 0.3 is 0 Å². The van der Waals surface area contributed by atoms with Gasteiger partial charge in [0.2, 0.25) is 0 Å². The zero-order chi connectivity index (χ0) is 18.2. The fourth-order valence-corrected chi connectivity index (χ4v) is 5.47. The molecular weight excluding hydrogens is 360 g/mol. The van der Waals surface area contributed by atoms with Crippen LogP contribution in [0.2, 0.25) is 0 Å². The Morgan fingerprint density at radius 2 is 1.68 bits per heavy atom. The summed E-state index contributed by atoms with van der Waals surface area (Å²) in [7, 11) is -6.98. The predicted molar refractivity (Wildman–Crippen MR) is 98.5 cm³/mol. The molecule has 1 saturated carbocycles. The van der Waals surface area contributed by atoms with Crippen LogP contribution in [0.25, 0.3) is 0 Å². The molecule has 140 valence electrons. The Morgan fingerprint density at radius 1 is 1.00 bits per heavy atom. The third-order valence-electron chi connectivity index (χ3n) is 5.20. The molecule has 3 rings (SSSR count). The van der Waals surface area contributed by atoms with Gasteiger partial charge < -0.3 is 5.32 Å². The Hall–Kier alpha value is -1.12. The highest BCUT2D eigenvalue weighted by molar-refractivity contribution is 7.91. The molecule has 6 nitrogen and oxygen atoms in total. The van der Waals surface area contributed by atoms with E-state index in [1.165, 1.54) is 37.8 Å². The minimum atomic E-state index is -3.53. The van der Waals surface area contributed by atoms with Crippen molar-refractivity contribution in [2.24, 2.45) is 0 Å². The van der Waals surface area contributed by atoms with Crippen molar-refractivity contribution in [3.05, 3.63) is 18.2 Å². The van der Waals surface area contributed by atoms with Gasteiger partial charge in [-0.25, -0.2) is 16.8 Å². The Morgan fingerprint density at radius 3 is 2.28 bits per heavy atom. The van der Waals surface area contributed by atoms with E-state index in [9.17, 15) is 16.8 Å². The Balaban J connectivity index is 1.80. The Bertz CT molecular complexity index is 843. The summed E-state index contributed by atoms with van der Waals surface area (Å²) >= 11 is 0. The fourth-order valence-electron chi connectivity index (χ4n) is 3.89. The molecule has 0 spiro atoms. The molecule has 2 fully saturated rings. The Kier molecular flexibility index (Phi) is 5.14. The number of benzene rings is 1. The van der Waals surface area contributed by atoms with E-state index in [-0.39, 0.29) is 15.8 Å². The number of sulfone groups is 2. The van der Waals surface area contributed by atoms with E-state index in [0.717, 1.165) is 32.0 Å². The molecule has 1 atom stereocenters. The maximum atomic E-state index is 12.1. The molecular formula is C17H26N2O4S2. The van der Waals surface area contributed by atoms with Crippen LogP contribution in [0.4, 0.5) is 5.69 Å². The lowest BCUT2D eigenvalue weighted by molar-refractivity contribution is 0.245. The van der Waals surface area contributed by atoms with Crippen LogP contribution < -0.4 is 5.32 Å². The quantitative estimate of drug-likeness (QED) is 0.832. The summed E-state index contributed by atoms with van der Waals surface area (Å²) < 4.78 is 47.7. The summed E-state index contributed by atoms with van der Waals surface area (Å²) in [5, 5.41) is 3.33. The van der Waals surface area contributed by atoms with Gasteiger partial charge in [0.25, 0.3) is 0 Å². The standard InChI is InChI=1S/C17H26N2O4S2/c1-24(20,21)15-7-8-16(17(11-15)25(2,22)23)18-13-9-10-19(12-13)14-5-3-4-6-14/h7-8,11,13-14,18H,3-6,9-10,12H2,1-2H3. The Labute approximate surface area is 150 Å². The summed E-state index contributed by atoms with van der Waals surface area (Å²) in [5.74, 6) is 0. The number of hydrogen-bond acceptors (Lipinski definition) is 6. The van der Waals surface area contributed by atoms with Crippen molar-refractivity contribution in [2.75, 3.05) is 30.9 Å². The van der Waals surface area contributed by atoms with E-state index in [4.69, 9.17) is 0 Å². The monoisotopic (exact) mass is 386 g/mol. The van der Waals surface area contributed by atoms with Crippen molar-refractivity contribution in [1.29, 1.82) is 0 Å². The second-order valence-electron chi connectivity index (χ2n) is 7.27. The zero-order valence-electron chi connectivity index (χ0n) is 14.7. The first kappa shape index (κ1) is 18.7. The summed E-state index contributed by atoms with van der Waals surface area (Å²) in [6, 6.07) is 5.15. The van der Waals surface area contributed by atoms with Gasteiger partial charge in [-0.3, -0.25) is 4.90 Å². The second kappa shape index (κ2) is 6.89. The molecule has 1 heterocycles. The molecule has 1 aromatic rings. The number of likely N-dealkylation sites (tertiary alicyclic amines) is 1. The molecule has 1 aliphatic carbocycles. The van der Waals surface area contributed by atoms with Crippen molar-refractivity contribution >= 4 is 25.4 Å². The van der Waals surface area contributed by atoms with Crippen LogP contribution in [0.1, 0.15) is 32.1 Å². The molecule has 25 heavy (non-hydrogen) atoms. The SMILES string of the molecule is CS(=O)(=O)c1ccc(NC2CCN(C3CCCC3)C2)c(S(C)(=O)=O)c1. The van der Waals surface area contributed by atoms with Gasteiger partial charge in [0, 0.05) is 37.7 Å². The second-order valence-corrected chi connectivity index (χ2v) is 11.3. The molecule has 2 aliphatic rings. The van der Waals surface area contributed by atoms with Crippen molar-refractivity contribution in [3.8, 4) is 0 Å². The lowest BCUT2D eigenvalue weighted by Crippen LogP contribution is -2.33. The molecule has 1 aromatic carbocycles. The highest BCUT2D eigenvalue weighted by atomic mass is 32.2. The summed E-state index contributed by atoms with van der Waals surface area (Å²) in [6.07, 6.45) is 8.26. The van der Waals surface area contributed by atoms with E-state index in [0.29, 0.717) is 11.7 Å². The molecule has 1 N–H and O–H groups in total. The van der Waals surface area contributed by atoms with Gasteiger partial charge in [0.15, 0.2) is 19.7 Å². The molecule has 0 amide bonds. The van der Waals surface area contributed by atoms with E-state index in [2.05, 4.69) is 10.2 Å². The van der Waals surface area contributed by atoms with Gasteiger partial charge in [-0.2, -0.15) is 0 Å². The van der Waals surface area contributed by atoms with Crippen LogP contribution in [-0.2, 0) is 19.7 Å². The first-order valence-electron chi connectivity index (χ1n) is 8.69. The fraction of sp³-hybridized carbons (Fsp3) is 0.647. The first-order valence-corrected chi connectivity index (χ1v) is 12.5. The van der Waals surface area contributed by atoms with Crippen LogP contribution in [0.15, 0.2) is 28.0 Å². The molecule has 1 unspecified atom stereocenters. The number of rotatable bonds is 5. The lowest BCUT2D eigenvalue weighted by Gasteiger charge is -2.24. The average molecular weight is 387 g/mol. The molecule has 1 saturated heterocycles. The van der Waals surface area contributed by atoms with Gasteiger partial charge in [-0.05, 0) is 37.5 Å². The maximum absolute atomic E-state index is 12.1. The summed E-state index contributed by atoms with van der Waals surface area (Å²) in [4.78, 5) is 2.57. The molecule has 1 aliphatic heterocycles. The zero-order valence-corrected chi connectivity index (χ0v) is 16.4. The smallest absolute Gasteiger partial charge is 0.177 e. The number of nitrogens with one attached hydrogen (secondary N) is 1. The van der Waals surface area contributed by atoms with E-state index in [1.54, 1.807) is 6.07 Å². The third kappa shape index (κ3) is 4.35. The largest absolute Gasteiger partial charge is 0.380 e. The molecule has 0 bridgehead atoms. The van der Waals surface area contributed by atoms with Gasteiger partial charge in [0.05, 0.1) is 15.5 Å². The average Bonchev–Trinajstić information content (AvgIpc) is 3.15. The topological polar surface area (TPSA) is 83.6 Å².